The largest absolute Gasteiger partial charge is 0.364 e. The molecule has 0 aliphatic carbocycles. The van der Waals surface area contributed by atoms with E-state index in [0.717, 1.165) is 22.2 Å². The number of amides is 2. The third-order valence-electron chi connectivity index (χ3n) is 4.58. The maximum absolute atomic E-state index is 12.6. The average molecular weight is 386 g/mol. The second-order valence-corrected chi connectivity index (χ2v) is 6.59. The van der Waals surface area contributed by atoms with E-state index in [2.05, 4.69) is 20.6 Å². The van der Waals surface area contributed by atoms with Crippen LogP contribution in [0, 0.1) is 0 Å². The van der Waals surface area contributed by atoms with Crippen molar-refractivity contribution in [1.82, 2.24) is 25.3 Å². The lowest BCUT2D eigenvalue weighted by molar-refractivity contribution is 0.0934. The Hall–Kier alpha value is -4.07. The minimum absolute atomic E-state index is 0.0950. The van der Waals surface area contributed by atoms with Crippen LogP contribution >= 0.6 is 0 Å². The summed E-state index contributed by atoms with van der Waals surface area (Å²) in [5.41, 5.74) is 8.08. The number of pyridine rings is 1. The van der Waals surface area contributed by atoms with Gasteiger partial charge in [0.05, 0.1) is 23.4 Å². The molecule has 0 radical (unpaired) electrons. The van der Waals surface area contributed by atoms with E-state index in [1.54, 1.807) is 6.07 Å². The summed E-state index contributed by atoms with van der Waals surface area (Å²) < 4.78 is 1.46. The van der Waals surface area contributed by atoms with Gasteiger partial charge in [0.15, 0.2) is 5.69 Å². The Bertz CT molecular complexity index is 1200. The second kappa shape index (κ2) is 7.51. The second-order valence-electron chi connectivity index (χ2n) is 6.59. The van der Waals surface area contributed by atoms with Crippen molar-refractivity contribution in [2.75, 3.05) is 0 Å². The van der Waals surface area contributed by atoms with Crippen LogP contribution in [0.4, 0.5) is 0 Å². The number of fused-ring (bicyclic) bond motifs is 1. The molecule has 4 rings (SSSR count). The number of para-hydroxylation sites is 1. The van der Waals surface area contributed by atoms with E-state index >= 15 is 0 Å². The first-order valence-corrected chi connectivity index (χ1v) is 9.00. The average Bonchev–Trinajstić information content (AvgIpc) is 3.24. The van der Waals surface area contributed by atoms with E-state index in [9.17, 15) is 9.59 Å². The van der Waals surface area contributed by atoms with E-state index < -0.39 is 5.91 Å². The molecule has 3 N–H and O–H groups in total. The number of aromatic nitrogens is 4. The number of carbonyl (C=O) groups is 2. The van der Waals surface area contributed by atoms with Crippen molar-refractivity contribution in [3.05, 3.63) is 83.8 Å². The van der Waals surface area contributed by atoms with Crippen molar-refractivity contribution in [3.63, 3.8) is 0 Å². The van der Waals surface area contributed by atoms with Crippen LogP contribution in [0.2, 0.25) is 0 Å². The maximum Gasteiger partial charge on any atom is 0.270 e. The molecule has 2 heterocycles. The number of hydrogen-bond donors (Lipinski definition) is 2. The summed E-state index contributed by atoms with van der Waals surface area (Å²) in [7, 11) is 0. The van der Waals surface area contributed by atoms with Gasteiger partial charge in [0.25, 0.3) is 11.8 Å². The van der Waals surface area contributed by atoms with Crippen LogP contribution in [0.15, 0.2) is 66.9 Å². The van der Waals surface area contributed by atoms with Gasteiger partial charge in [-0.2, -0.15) is 0 Å². The van der Waals surface area contributed by atoms with Crippen LogP contribution < -0.4 is 11.1 Å². The summed E-state index contributed by atoms with van der Waals surface area (Å²) >= 11 is 0. The fraction of sp³-hybridized carbons (Fsp3) is 0.0952. The lowest BCUT2D eigenvalue weighted by Gasteiger charge is -2.15. The van der Waals surface area contributed by atoms with Crippen molar-refractivity contribution in [2.24, 2.45) is 5.73 Å². The molecule has 8 heteroatoms. The number of nitrogens with zero attached hydrogens (tertiary/aromatic N) is 4. The van der Waals surface area contributed by atoms with Gasteiger partial charge in [0.2, 0.25) is 0 Å². The first kappa shape index (κ1) is 18.3. The lowest BCUT2D eigenvalue weighted by Crippen LogP contribution is -2.27. The highest BCUT2D eigenvalue weighted by Crippen LogP contribution is 2.17. The normalized spacial score (nSPS) is 11.9. The van der Waals surface area contributed by atoms with E-state index in [1.807, 2.05) is 61.5 Å². The Balaban J connectivity index is 1.47. The Morgan fingerprint density at radius 2 is 1.76 bits per heavy atom. The predicted molar refractivity (Wildman–Crippen MR) is 108 cm³/mol. The standard InChI is InChI=1S/C21H18N6O2/c1-13(23-21(29)18-11-8-15-4-2-3-5-17(15)24-18)14-6-9-16(10-7-14)27-12-19(20(22)28)25-26-27/h2-13H,1H3,(H2,22,28)(H,23,29)/t13-/m0/s1. The SMILES string of the molecule is C[C@H](NC(=O)c1ccc2ccccc2n1)c1ccc(-n2cc(C(N)=O)nn2)cc1. The van der Waals surface area contributed by atoms with Gasteiger partial charge < -0.3 is 11.1 Å². The zero-order valence-electron chi connectivity index (χ0n) is 15.6. The van der Waals surface area contributed by atoms with Crippen molar-refractivity contribution < 1.29 is 9.59 Å². The molecule has 0 fully saturated rings. The number of hydrogen-bond acceptors (Lipinski definition) is 5. The van der Waals surface area contributed by atoms with Crippen molar-refractivity contribution in [2.45, 2.75) is 13.0 Å². The van der Waals surface area contributed by atoms with Crippen LogP contribution in [-0.2, 0) is 0 Å². The molecular formula is C21H18N6O2. The number of nitrogens with one attached hydrogen (secondary N) is 1. The van der Waals surface area contributed by atoms with Gasteiger partial charge in [-0.05, 0) is 36.8 Å². The quantitative estimate of drug-likeness (QED) is 0.546. The molecule has 2 aromatic carbocycles. The molecular weight excluding hydrogens is 368 g/mol. The Labute approximate surface area is 166 Å². The molecule has 0 aliphatic rings. The predicted octanol–water partition coefficient (Wildman–Crippen LogP) is 2.41. The van der Waals surface area contributed by atoms with Crippen molar-refractivity contribution in [1.29, 1.82) is 0 Å². The number of carbonyl (C=O) groups excluding carboxylic acids is 2. The summed E-state index contributed by atoms with van der Waals surface area (Å²) in [5, 5.41) is 11.5. The van der Waals surface area contributed by atoms with Gasteiger partial charge in [0.1, 0.15) is 5.69 Å². The summed E-state index contributed by atoms with van der Waals surface area (Å²) in [6, 6.07) is 18.4. The molecule has 1 atom stereocenters. The first-order valence-electron chi connectivity index (χ1n) is 9.00. The summed E-state index contributed by atoms with van der Waals surface area (Å²) in [6.45, 7) is 1.90. The van der Waals surface area contributed by atoms with E-state index in [-0.39, 0.29) is 17.6 Å². The Morgan fingerprint density at radius 3 is 2.48 bits per heavy atom. The fourth-order valence-corrected chi connectivity index (χ4v) is 2.97. The minimum Gasteiger partial charge on any atom is -0.364 e. The molecule has 2 amide bonds. The third-order valence-corrected chi connectivity index (χ3v) is 4.58. The van der Waals surface area contributed by atoms with Crippen LogP contribution in [0.3, 0.4) is 0 Å². The minimum atomic E-state index is -0.633. The zero-order valence-corrected chi connectivity index (χ0v) is 15.6. The molecule has 2 aromatic heterocycles. The van der Waals surface area contributed by atoms with Crippen LogP contribution in [0.25, 0.3) is 16.6 Å². The number of primary amides is 1. The highest BCUT2D eigenvalue weighted by molar-refractivity contribution is 5.95. The highest BCUT2D eigenvalue weighted by atomic mass is 16.2. The third kappa shape index (κ3) is 3.81. The number of benzene rings is 2. The topological polar surface area (TPSA) is 116 Å². The highest BCUT2D eigenvalue weighted by Gasteiger charge is 2.14. The monoisotopic (exact) mass is 386 g/mol. The molecule has 4 aromatic rings. The van der Waals surface area contributed by atoms with Gasteiger partial charge >= 0.3 is 0 Å². The fourth-order valence-electron chi connectivity index (χ4n) is 2.97. The van der Waals surface area contributed by atoms with E-state index in [1.165, 1.54) is 10.9 Å². The Morgan fingerprint density at radius 1 is 1.00 bits per heavy atom. The lowest BCUT2D eigenvalue weighted by atomic mass is 10.1. The van der Waals surface area contributed by atoms with Crippen LogP contribution in [0.1, 0.15) is 39.5 Å². The van der Waals surface area contributed by atoms with Crippen LogP contribution in [-0.4, -0.2) is 31.8 Å². The molecule has 0 unspecified atom stereocenters. The summed E-state index contributed by atoms with van der Waals surface area (Å²) in [5.74, 6) is -0.874. The van der Waals surface area contributed by atoms with Gasteiger partial charge in [-0.25, -0.2) is 9.67 Å². The molecule has 0 spiro atoms. The molecule has 0 saturated heterocycles. The molecule has 0 bridgehead atoms. The molecule has 0 saturated carbocycles. The van der Waals surface area contributed by atoms with E-state index in [0.29, 0.717) is 5.69 Å². The molecule has 8 nitrogen and oxygen atoms in total. The van der Waals surface area contributed by atoms with Crippen molar-refractivity contribution in [3.8, 4) is 5.69 Å². The molecule has 29 heavy (non-hydrogen) atoms. The number of rotatable bonds is 5. The Kier molecular flexibility index (Phi) is 4.74. The molecule has 0 aliphatic heterocycles. The number of nitrogens with two attached hydrogens (primary N) is 1. The summed E-state index contributed by atoms with van der Waals surface area (Å²) in [4.78, 5) is 28.2. The van der Waals surface area contributed by atoms with Crippen LogP contribution in [0.5, 0.6) is 0 Å². The van der Waals surface area contributed by atoms with Crippen molar-refractivity contribution >= 4 is 22.7 Å². The summed E-state index contributed by atoms with van der Waals surface area (Å²) in [6.07, 6.45) is 1.47. The van der Waals surface area contributed by atoms with Gasteiger partial charge in [-0.15, -0.1) is 5.10 Å². The van der Waals surface area contributed by atoms with Gasteiger partial charge in [-0.1, -0.05) is 41.6 Å². The maximum atomic E-state index is 12.6. The van der Waals surface area contributed by atoms with E-state index in [4.69, 9.17) is 5.73 Å². The van der Waals surface area contributed by atoms with Gasteiger partial charge in [-0.3, -0.25) is 9.59 Å². The smallest absolute Gasteiger partial charge is 0.270 e. The zero-order chi connectivity index (χ0) is 20.4. The van der Waals surface area contributed by atoms with Gasteiger partial charge in [0, 0.05) is 5.39 Å². The first-order chi connectivity index (χ1) is 14.0. The molecule has 144 valence electrons.